The molecule has 1 fully saturated rings. The Labute approximate surface area is 150 Å². The van der Waals surface area contributed by atoms with Crippen LogP contribution in [0.5, 0.6) is 0 Å². The summed E-state index contributed by atoms with van der Waals surface area (Å²) in [6.45, 7) is 9.78. The predicted molar refractivity (Wildman–Crippen MR) is 103 cm³/mol. The van der Waals surface area contributed by atoms with Gasteiger partial charge in [-0.25, -0.2) is 4.98 Å². The van der Waals surface area contributed by atoms with Gasteiger partial charge in [0.05, 0.1) is 6.04 Å². The molecule has 1 saturated heterocycles. The van der Waals surface area contributed by atoms with Crippen molar-refractivity contribution < 1.29 is 0 Å². The molecule has 2 aromatic rings. The van der Waals surface area contributed by atoms with Crippen LogP contribution in [0.1, 0.15) is 54.6 Å². The average molecular weight is 336 g/mol. The number of hydrogen-bond donors (Lipinski definition) is 0. The van der Waals surface area contributed by atoms with Gasteiger partial charge in [-0.1, -0.05) is 24.3 Å². The normalized spacial score (nSPS) is 20.5. The second-order valence-electron chi connectivity index (χ2n) is 7.42. The van der Waals surface area contributed by atoms with Crippen LogP contribution in [-0.2, 0) is 6.42 Å². The molecule has 0 N–H and O–H groups in total. The van der Waals surface area contributed by atoms with Gasteiger partial charge in [-0.15, -0.1) is 0 Å². The van der Waals surface area contributed by atoms with E-state index in [1.807, 2.05) is 0 Å². The van der Waals surface area contributed by atoms with Gasteiger partial charge in [0.25, 0.3) is 0 Å². The minimum Gasteiger partial charge on any atom is -0.349 e. The molecule has 3 heterocycles. The Morgan fingerprint density at radius 1 is 0.960 bits per heavy atom. The molecule has 0 spiro atoms. The number of benzene rings is 1. The van der Waals surface area contributed by atoms with E-state index in [9.17, 15) is 0 Å². The number of nitrogens with zero attached hydrogens (tertiary/aromatic N) is 4. The molecule has 0 bridgehead atoms. The maximum atomic E-state index is 5.04. The van der Waals surface area contributed by atoms with Crippen molar-refractivity contribution in [2.24, 2.45) is 0 Å². The second kappa shape index (κ2) is 6.66. The largest absolute Gasteiger partial charge is 0.349 e. The van der Waals surface area contributed by atoms with Crippen LogP contribution < -0.4 is 9.80 Å². The van der Waals surface area contributed by atoms with Crippen molar-refractivity contribution in [1.82, 2.24) is 9.97 Å². The van der Waals surface area contributed by atoms with Gasteiger partial charge in [0, 0.05) is 30.9 Å². The minimum atomic E-state index is 0.354. The van der Waals surface area contributed by atoms with Gasteiger partial charge < -0.3 is 9.80 Å². The van der Waals surface area contributed by atoms with E-state index in [1.165, 1.54) is 36.0 Å². The average Bonchev–Trinajstić information content (AvgIpc) is 2.65. The third-order valence-corrected chi connectivity index (χ3v) is 5.86. The summed E-state index contributed by atoms with van der Waals surface area (Å²) in [5.41, 5.74) is 5.23. The monoisotopic (exact) mass is 336 g/mol. The Kier molecular flexibility index (Phi) is 4.36. The highest BCUT2D eigenvalue weighted by Crippen LogP contribution is 2.35. The fourth-order valence-electron chi connectivity index (χ4n) is 4.18. The summed E-state index contributed by atoms with van der Waals surface area (Å²) in [7, 11) is 0. The molecule has 1 aromatic carbocycles. The molecular weight excluding hydrogens is 308 g/mol. The Bertz CT molecular complexity index is 764. The van der Waals surface area contributed by atoms with E-state index in [1.54, 1.807) is 0 Å². The SMILES string of the molecule is Cc1nc(N2CCCCC2)nc(N2CCc3ccccc3C2C)c1C. The van der Waals surface area contributed by atoms with Crippen LogP contribution in [0.3, 0.4) is 0 Å². The number of aromatic nitrogens is 2. The molecule has 25 heavy (non-hydrogen) atoms. The Morgan fingerprint density at radius 2 is 1.72 bits per heavy atom. The molecular formula is C21H28N4. The lowest BCUT2D eigenvalue weighted by atomic mass is 9.93. The molecule has 1 atom stereocenters. The Morgan fingerprint density at radius 3 is 2.52 bits per heavy atom. The first kappa shape index (κ1) is 16.4. The third kappa shape index (κ3) is 2.99. The van der Waals surface area contributed by atoms with Crippen LogP contribution in [-0.4, -0.2) is 29.6 Å². The highest BCUT2D eigenvalue weighted by atomic mass is 15.3. The molecule has 4 nitrogen and oxygen atoms in total. The first-order valence-corrected chi connectivity index (χ1v) is 9.60. The molecule has 2 aliphatic rings. The number of hydrogen-bond acceptors (Lipinski definition) is 4. The molecule has 0 aliphatic carbocycles. The molecule has 132 valence electrons. The zero-order chi connectivity index (χ0) is 17.4. The maximum Gasteiger partial charge on any atom is 0.227 e. The minimum absolute atomic E-state index is 0.354. The van der Waals surface area contributed by atoms with E-state index in [2.05, 4.69) is 54.8 Å². The van der Waals surface area contributed by atoms with Crippen molar-refractivity contribution in [2.75, 3.05) is 29.4 Å². The van der Waals surface area contributed by atoms with Crippen molar-refractivity contribution in [2.45, 2.75) is 52.5 Å². The van der Waals surface area contributed by atoms with E-state index in [-0.39, 0.29) is 0 Å². The summed E-state index contributed by atoms with van der Waals surface area (Å²) in [5.74, 6) is 2.04. The van der Waals surface area contributed by atoms with Crippen molar-refractivity contribution >= 4 is 11.8 Å². The summed E-state index contributed by atoms with van der Waals surface area (Å²) >= 11 is 0. The highest BCUT2D eigenvalue weighted by molar-refractivity contribution is 5.56. The highest BCUT2D eigenvalue weighted by Gasteiger charge is 2.27. The molecule has 2 aliphatic heterocycles. The van der Waals surface area contributed by atoms with Gasteiger partial charge in [-0.3, -0.25) is 0 Å². The summed E-state index contributed by atoms with van der Waals surface area (Å²) in [4.78, 5) is 14.7. The summed E-state index contributed by atoms with van der Waals surface area (Å²) in [5, 5.41) is 0. The van der Waals surface area contributed by atoms with Crippen LogP contribution >= 0.6 is 0 Å². The van der Waals surface area contributed by atoms with E-state index >= 15 is 0 Å². The fraction of sp³-hybridized carbons (Fsp3) is 0.524. The van der Waals surface area contributed by atoms with Crippen molar-refractivity contribution in [3.05, 3.63) is 46.6 Å². The van der Waals surface area contributed by atoms with Gasteiger partial charge in [0.2, 0.25) is 5.95 Å². The zero-order valence-corrected chi connectivity index (χ0v) is 15.6. The number of fused-ring (bicyclic) bond motifs is 1. The maximum absolute atomic E-state index is 5.04. The quantitative estimate of drug-likeness (QED) is 0.822. The molecule has 4 rings (SSSR count). The van der Waals surface area contributed by atoms with E-state index < -0.39 is 0 Å². The molecule has 0 amide bonds. The number of piperidine rings is 1. The third-order valence-electron chi connectivity index (χ3n) is 5.86. The lowest BCUT2D eigenvalue weighted by Crippen LogP contribution is -2.36. The molecule has 1 aromatic heterocycles. The van der Waals surface area contributed by atoms with Crippen LogP contribution in [0.15, 0.2) is 24.3 Å². The van der Waals surface area contributed by atoms with Gasteiger partial charge in [0.15, 0.2) is 0 Å². The van der Waals surface area contributed by atoms with E-state index in [0.717, 1.165) is 43.5 Å². The first-order chi connectivity index (χ1) is 12.1. The van der Waals surface area contributed by atoms with Gasteiger partial charge in [-0.2, -0.15) is 4.98 Å². The standard InChI is InChI=1S/C21H28N4/c1-15-16(2)22-21(24-12-7-4-8-13-24)23-20(15)25-14-11-18-9-5-6-10-19(18)17(25)3/h5-6,9-10,17H,4,7-8,11-14H2,1-3H3. The van der Waals surface area contributed by atoms with Gasteiger partial charge in [-0.05, 0) is 57.6 Å². The summed E-state index contributed by atoms with van der Waals surface area (Å²) < 4.78 is 0. The van der Waals surface area contributed by atoms with Crippen LogP contribution in [0, 0.1) is 13.8 Å². The van der Waals surface area contributed by atoms with Gasteiger partial charge >= 0.3 is 0 Å². The molecule has 1 unspecified atom stereocenters. The fourth-order valence-corrected chi connectivity index (χ4v) is 4.18. The van der Waals surface area contributed by atoms with Crippen LogP contribution in [0.4, 0.5) is 11.8 Å². The number of aryl methyl sites for hydroxylation is 1. The lowest BCUT2D eigenvalue weighted by Gasteiger charge is -2.38. The molecule has 4 heteroatoms. The topological polar surface area (TPSA) is 32.3 Å². The summed E-state index contributed by atoms with van der Waals surface area (Å²) in [6.07, 6.45) is 4.91. The van der Waals surface area contributed by atoms with Crippen LogP contribution in [0.2, 0.25) is 0 Å². The van der Waals surface area contributed by atoms with Gasteiger partial charge in [0.1, 0.15) is 5.82 Å². The number of rotatable bonds is 2. The Hall–Kier alpha value is -2.10. The molecule has 0 radical (unpaired) electrons. The number of anilines is 2. The summed E-state index contributed by atoms with van der Waals surface area (Å²) in [6, 6.07) is 9.18. The second-order valence-corrected chi connectivity index (χ2v) is 7.42. The first-order valence-electron chi connectivity index (χ1n) is 9.60. The van der Waals surface area contributed by atoms with Crippen molar-refractivity contribution in [3.63, 3.8) is 0 Å². The van der Waals surface area contributed by atoms with E-state index in [4.69, 9.17) is 9.97 Å². The van der Waals surface area contributed by atoms with Crippen molar-refractivity contribution in [3.8, 4) is 0 Å². The molecule has 0 saturated carbocycles. The Balaban J connectivity index is 1.71. The van der Waals surface area contributed by atoms with Crippen molar-refractivity contribution in [1.29, 1.82) is 0 Å². The van der Waals surface area contributed by atoms with E-state index in [0.29, 0.717) is 6.04 Å². The lowest BCUT2D eigenvalue weighted by molar-refractivity contribution is 0.564. The smallest absolute Gasteiger partial charge is 0.227 e. The zero-order valence-electron chi connectivity index (χ0n) is 15.6. The predicted octanol–water partition coefficient (Wildman–Crippen LogP) is 4.21. The van der Waals surface area contributed by atoms with Crippen LogP contribution in [0.25, 0.3) is 0 Å².